The molecule has 0 amide bonds. The second kappa shape index (κ2) is 12.8. The van der Waals surface area contributed by atoms with E-state index in [1.807, 2.05) is 46.1 Å². The zero-order valence-electron chi connectivity index (χ0n) is 29.4. The molecule has 5 aromatic rings. The normalized spacial score (nSPS) is 15.8. The minimum atomic E-state index is -0.386. The molecule has 254 valence electrons. The van der Waals surface area contributed by atoms with E-state index in [4.69, 9.17) is 9.47 Å². The van der Waals surface area contributed by atoms with E-state index >= 15 is 0 Å². The van der Waals surface area contributed by atoms with E-state index in [1.165, 1.54) is 40.0 Å². The summed E-state index contributed by atoms with van der Waals surface area (Å²) in [5.41, 5.74) is 3.36. The lowest BCUT2D eigenvalue weighted by Crippen LogP contribution is -2.23. The molecule has 4 nitrogen and oxygen atoms in total. The van der Waals surface area contributed by atoms with Crippen molar-refractivity contribution in [2.45, 2.75) is 92.9 Å². The summed E-state index contributed by atoms with van der Waals surface area (Å²) < 4.78 is 14.5. The minimum absolute atomic E-state index is 0.0574. The van der Waals surface area contributed by atoms with Crippen molar-refractivity contribution in [3.8, 4) is 19.5 Å². The Balaban J connectivity index is 1.24. The maximum atomic E-state index is 13.2. The van der Waals surface area contributed by atoms with Crippen LogP contribution in [0.3, 0.4) is 0 Å². The van der Waals surface area contributed by atoms with E-state index < -0.39 is 0 Å². The minimum Gasteiger partial charge on any atom is -0.426 e. The first-order chi connectivity index (χ1) is 23.4. The van der Waals surface area contributed by atoms with Gasteiger partial charge in [-0.05, 0) is 81.1 Å². The Morgan fingerprint density at radius 1 is 0.735 bits per heavy atom. The van der Waals surface area contributed by atoms with Crippen LogP contribution in [0.25, 0.3) is 40.4 Å². The van der Waals surface area contributed by atoms with Gasteiger partial charge in [0, 0.05) is 55.1 Å². The number of ether oxygens (including phenoxy) is 2. The number of cyclic esters (lactones) is 2. The number of carbonyl (C=O) groups excluding carboxylic acids is 2. The first-order valence-electron chi connectivity index (χ1n) is 17.2. The van der Waals surface area contributed by atoms with Gasteiger partial charge in [-0.1, -0.05) is 66.0 Å². The third-order valence-corrected chi connectivity index (χ3v) is 15.9. The lowest BCUT2D eigenvalue weighted by molar-refractivity contribution is 0.0668. The summed E-state index contributed by atoms with van der Waals surface area (Å²) in [6.07, 6.45) is 9.77. The molecule has 1 unspecified atom stereocenters. The summed E-state index contributed by atoms with van der Waals surface area (Å²) in [6.45, 7) is 17.6. The average molecular weight is 727 g/mol. The maximum absolute atomic E-state index is 13.2. The van der Waals surface area contributed by atoms with Gasteiger partial charge in [-0.2, -0.15) is 0 Å². The number of hydrogen-bond donors (Lipinski definition) is 0. The number of aryl methyl sites for hydroxylation is 2. The fourth-order valence-corrected chi connectivity index (χ4v) is 12.4. The van der Waals surface area contributed by atoms with Crippen molar-refractivity contribution in [2.24, 2.45) is 5.41 Å². The van der Waals surface area contributed by atoms with E-state index in [9.17, 15) is 9.59 Å². The summed E-state index contributed by atoms with van der Waals surface area (Å²) in [7, 11) is 0. The third kappa shape index (κ3) is 5.69. The summed E-state index contributed by atoms with van der Waals surface area (Å²) in [6, 6.07) is 12.4. The topological polar surface area (TPSA) is 52.6 Å². The molecule has 0 saturated carbocycles. The van der Waals surface area contributed by atoms with Crippen LogP contribution in [0.15, 0.2) is 48.6 Å². The highest BCUT2D eigenvalue weighted by molar-refractivity contribution is 7.34. The highest BCUT2D eigenvalue weighted by atomic mass is 32.1. The van der Waals surface area contributed by atoms with Crippen molar-refractivity contribution in [3.05, 3.63) is 91.0 Å². The Bertz CT molecular complexity index is 2300. The van der Waals surface area contributed by atoms with Gasteiger partial charge in [-0.3, -0.25) is 0 Å². The standard InChI is InChI=1S/C41H42O4S4/c1-9-12-13-19-40(6,7)37-25-21-26-24(20-27(25)39(43)45-37)32(44-38(26)42)28-14-15-29(46-28)33-22(4)35-36(48-33)23(5)34(49-35)30-16-17-31(47-30)41(8,11-3)18-10-2/h10,14-18,20-21H,9,11-13,19H2,1-8H3/b18-10-. The van der Waals surface area contributed by atoms with Crippen molar-refractivity contribution in [1.82, 2.24) is 0 Å². The van der Waals surface area contributed by atoms with Crippen molar-refractivity contribution >= 4 is 78.2 Å². The van der Waals surface area contributed by atoms with Gasteiger partial charge in [0.1, 0.15) is 5.76 Å². The summed E-state index contributed by atoms with van der Waals surface area (Å²) in [5, 5.41) is 1.38. The largest absolute Gasteiger partial charge is 0.426 e. The molecular formula is C41H42O4S4. The third-order valence-electron chi connectivity index (χ3n) is 10.2. The van der Waals surface area contributed by atoms with Gasteiger partial charge >= 0.3 is 11.9 Å². The molecule has 0 radical (unpaired) electrons. The summed E-state index contributed by atoms with van der Waals surface area (Å²) in [4.78, 5) is 33.7. The Labute approximate surface area is 304 Å². The van der Waals surface area contributed by atoms with E-state index in [0.717, 1.165) is 47.1 Å². The zero-order chi connectivity index (χ0) is 34.8. The summed E-state index contributed by atoms with van der Waals surface area (Å²) >= 11 is 7.28. The van der Waals surface area contributed by atoms with Crippen LogP contribution in [0.4, 0.5) is 0 Å². The zero-order valence-corrected chi connectivity index (χ0v) is 32.7. The molecule has 0 spiro atoms. The predicted molar refractivity (Wildman–Crippen MR) is 209 cm³/mol. The molecule has 1 aromatic carbocycles. The van der Waals surface area contributed by atoms with Crippen LogP contribution < -0.4 is 10.4 Å². The number of fused-ring (bicyclic) bond motifs is 3. The molecule has 1 atom stereocenters. The number of esters is 2. The van der Waals surface area contributed by atoms with Crippen LogP contribution in [-0.4, -0.2) is 11.9 Å². The van der Waals surface area contributed by atoms with E-state index in [1.54, 1.807) is 17.4 Å². The average Bonchev–Trinajstić information content (AvgIpc) is 3.92. The van der Waals surface area contributed by atoms with Crippen LogP contribution in [-0.2, 0) is 14.9 Å². The first kappa shape index (κ1) is 34.2. The fourth-order valence-electron chi connectivity index (χ4n) is 7.05. The lowest BCUT2D eigenvalue weighted by Gasteiger charge is -2.25. The quantitative estimate of drug-likeness (QED) is 0.0772. The Morgan fingerprint density at radius 2 is 1.33 bits per heavy atom. The number of allylic oxidation sites excluding steroid dienone is 2. The van der Waals surface area contributed by atoms with Crippen LogP contribution in [0.1, 0.15) is 115 Å². The molecule has 2 aliphatic rings. The number of unbranched alkanes of at least 4 members (excludes halogenated alkanes) is 2. The van der Waals surface area contributed by atoms with Gasteiger partial charge in [-0.15, -0.1) is 45.3 Å². The molecule has 0 N–H and O–H groups in total. The Morgan fingerprint density at radius 3 is 1.98 bits per heavy atom. The van der Waals surface area contributed by atoms with Gasteiger partial charge in [0.2, 0.25) is 0 Å². The fraction of sp³-hybridized carbons (Fsp3) is 0.366. The van der Waals surface area contributed by atoms with E-state index in [-0.39, 0.29) is 22.8 Å². The molecule has 6 heterocycles. The number of thiophene rings is 4. The van der Waals surface area contributed by atoms with Gasteiger partial charge in [-0.25, -0.2) is 9.59 Å². The van der Waals surface area contributed by atoms with E-state index in [0.29, 0.717) is 27.9 Å². The predicted octanol–water partition coefficient (Wildman–Crippen LogP) is 11.5. The van der Waals surface area contributed by atoms with Crippen molar-refractivity contribution in [1.29, 1.82) is 0 Å². The first-order valence-corrected chi connectivity index (χ1v) is 20.4. The molecular weight excluding hydrogens is 685 g/mol. The molecule has 0 saturated heterocycles. The molecule has 2 aliphatic heterocycles. The molecule has 49 heavy (non-hydrogen) atoms. The maximum Gasteiger partial charge on any atom is 0.344 e. The Hall–Kier alpha value is -3.30. The smallest absolute Gasteiger partial charge is 0.344 e. The van der Waals surface area contributed by atoms with Crippen LogP contribution in [0.2, 0.25) is 0 Å². The molecule has 0 fully saturated rings. The second-order valence-corrected chi connectivity index (χ2v) is 18.3. The van der Waals surface area contributed by atoms with Crippen molar-refractivity contribution < 1.29 is 19.1 Å². The van der Waals surface area contributed by atoms with Crippen molar-refractivity contribution in [2.75, 3.05) is 0 Å². The highest BCUT2D eigenvalue weighted by Gasteiger charge is 2.36. The Kier molecular flexibility index (Phi) is 8.92. The van der Waals surface area contributed by atoms with Gasteiger partial charge in [0.25, 0.3) is 0 Å². The lowest BCUT2D eigenvalue weighted by atomic mass is 9.83. The molecule has 0 aliphatic carbocycles. The number of carbonyl (C=O) groups is 2. The summed E-state index contributed by atoms with van der Waals surface area (Å²) in [5.74, 6) is 0.428. The molecule has 4 aromatic heterocycles. The van der Waals surface area contributed by atoms with Gasteiger partial charge < -0.3 is 9.47 Å². The molecule has 8 heteroatoms. The molecule has 0 bridgehead atoms. The SMILES string of the molecule is C/C=C\C(C)(CC)c1ccc(-c2sc3c(C)c(-c4ccc(C5=c6cc7c(cc6C(=O)O5)=C(C(C)(C)CCCCC)OC7=O)s4)sc3c2C)s1. The van der Waals surface area contributed by atoms with Crippen LogP contribution in [0, 0.1) is 19.3 Å². The second-order valence-electron chi connectivity index (χ2n) is 14.1. The van der Waals surface area contributed by atoms with Crippen molar-refractivity contribution in [3.63, 3.8) is 0 Å². The van der Waals surface area contributed by atoms with Crippen LogP contribution >= 0.6 is 45.3 Å². The number of benzene rings is 1. The molecule has 7 rings (SSSR count). The monoisotopic (exact) mass is 726 g/mol. The van der Waals surface area contributed by atoms with Crippen LogP contribution in [0.5, 0.6) is 0 Å². The number of rotatable bonds is 11. The van der Waals surface area contributed by atoms with E-state index in [2.05, 4.69) is 85.7 Å². The van der Waals surface area contributed by atoms with Gasteiger partial charge in [0.05, 0.1) is 16.0 Å². The number of hydrogen-bond acceptors (Lipinski definition) is 8. The highest BCUT2D eigenvalue weighted by Crippen LogP contribution is 2.51. The van der Waals surface area contributed by atoms with Gasteiger partial charge in [0.15, 0.2) is 5.76 Å².